The minimum Gasteiger partial charge on any atom is -0.492 e. The van der Waals surface area contributed by atoms with E-state index >= 15 is 0 Å². The van der Waals surface area contributed by atoms with Gasteiger partial charge in [-0.2, -0.15) is 0 Å². The van der Waals surface area contributed by atoms with E-state index < -0.39 is 5.97 Å². The zero-order valence-corrected chi connectivity index (χ0v) is 9.12. The van der Waals surface area contributed by atoms with Crippen molar-refractivity contribution in [2.45, 2.75) is 0 Å². The molecule has 0 aliphatic carbocycles. The second-order valence-electron chi connectivity index (χ2n) is 2.66. The van der Waals surface area contributed by atoms with E-state index in [4.69, 9.17) is 9.47 Å². The maximum Gasteiger partial charge on any atom is 0.337 e. The zero-order valence-electron chi connectivity index (χ0n) is 9.12. The molecule has 0 rings (SSSR count). The number of carbonyl (C=O) groups excluding carboxylic acids is 1. The molecule has 0 aliphatic heterocycles. The van der Waals surface area contributed by atoms with Gasteiger partial charge in [-0.3, -0.25) is 0 Å². The highest BCUT2D eigenvalue weighted by molar-refractivity contribution is 5.90. The molecule has 0 atom stereocenters. The summed E-state index contributed by atoms with van der Waals surface area (Å²) in [6, 6.07) is 0. The van der Waals surface area contributed by atoms with E-state index in [1.807, 2.05) is 0 Å². The van der Waals surface area contributed by atoms with Crippen LogP contribution in [0.5, 0.6) is 0 Å². The molecule has 4 nitrogen and oxygen atoms in total. The van der Waals surface area contributed by atoms with Crippen LogP contribution in [0, 0.1) is 0 Å². The lowest BCUT2D eigenvalue weighted by Crippen LogP contribution is -2.02. The monoisotopic (exact) mass is 212 g/mol. The lowest BCUT2D eigenvalue weighted by atomic mass is 10.3. The molecule has 0 unspecified atom stereocenters. The maximum absolute atomic E-state index is 10.9. The average Bonchev–Trinajstić information content (AvgIpc) is 2.25. The summed E-state index contributed by atoms with van der Waals surface area (Å²) in [4.78, 5) is 10.9. The van der Waals surface area contributed by atoms with Gasteiger partial charge in [0.1, 0.15) is 12.4 Å². The highest BCUT2D eigenvalue weighted by atomic mass is 16.5. The Morgan fingerprint density at radius 3 is 2.40 bits per heavy atom. The molecule has 0 aromatic heterocycles. The lowest BCUT2D eigenvalue weighted by molar-refractivity contribution is -0.135. The Morgan fingerprint density at radius 1 is 1.20 bits per heavy atom. The molecule has 0 N–H and O–H groups in total. The largest absolute Gasteiger partial charge is 0.492 e. The fraction of sp³-hybridized carbons (Fsp3) is 0.364. The minimum absolute atomic E-state index is 0.244. The van der Waals surface area contributed by atoms with Gasteiger partial charge in [-0.15, -0.1) is 0 Å². The summed E-state index contributed by atoms with van der Waals surface area (Å²) in [5.41, 5.74) is 0.244. The summed E-state index contributed by atoms with van der Waals surface area (Å²) in [6.45, 7) is 8.05. The predicted octanol–water partition coefficient (Wildman–Crippen LogP) is 1.45. The molecule has 0 bridgehead atoms. The lowest BCUT2D eigenvalue weighted by Gasteiger charge is -2.04. The van der Waals surface area contributed by atoms with Crippen molar-refractivity contribution in [3.05, 3.63) is 36.6 Å². The highest BCUT2D eigenvalue weighted by Crippen LogP contribution is 2.01. The highest BCUT2D eigenvalue weighted by Gasteiger charge is 2.01. The Bertz CT molecular complexity index is 266. The van der Waals surface area contributed by atoms with Crippen molar-refractivity contribution in [3.63, 3.8) is 0 Å². The van der Waals surface area contributed by atoms with Crippen LogP contribution in [-0.2, 0) is 19.0 Å². The van der Waals surface area contributed by atoms with Gasteiger partial charge in [0.2, 0.25) is 0 Å². The Balaban J connectivity index is 3.90. The third kappa shape index (κ3) is 6.51. The molecular weight excluding hydrogens is 196 g/mol. The van der Waals surface area contributed by atoms with Crippen molar-refractivity contribution < 1.29 is 19.0 Å². The number of rotatable bonds is 7. The third-order valence-electron chi connectivity index (χ3n) is 1.49. The van der Waals surface area contributed by atoms with Crippen LogP contribution in [0.1, 0.15) is 0 Å². The molecule has 0 radical (unpaired) electrons. The average molecular weight is 212 g/mol. The van der Waals surface area contributed by atoms with Crippen molar-refractivity contribution in [3.8, 4) is 0 Å². The number of ether oxygens (including phenoxy) is 3. The molecule has 0 aliphatic rings. The van der Waals surface area contributed by atoms with Gasteiger partial charge in [0, 0.05) is 7.11 Å². The van der Waals surface area contributed by atoms with Gasteiger partial charge >= 0.3 is 5.97 Å². The molecule has 0 fully saturated rings. The summed E-state index contributed by atoms with van der Waals surface area (Å²) in [5, 5.41) is 0. The van der Waals surface area contributed by atoms with Crippen LogP contribution in [-0.4, -0.2) is 33.4 Å². The summed E-state index contributed by atoms with van der Waals surface area (Å²) in [7, 11) is 2.88. The van der Waals surface area contributed by atoms with Gasteiger partial charge in [0.25, 0.3) is 0 Å². The smallest absolute Gasteiger partial charge is 0.337 e. The number of allylic oxidation sites excluding steroid dienone is 1. The quantitative estimate of drug-likeness (QED) is 0.211. The summed E-state index contributed by atoms with van der Waals surface area (Å²) in [6.07, 6.45) is 3.04. The molecule has 0 saturated heterocycles. The zero-order chi connectivity index (χ0) is 11.7. The van der Waals surface area contributed by atoms with E-state index in [1.165, 1.54) is 13.2 Å². The molecular formula is C11H16O4. The summed E-state index contributed by atoms with van der Waals surface area (Å²) in [5.74, 6) is -0.0342. The van der Waals surface area contributed by atoms with Crippen molar-refractivity contribution in [2.75, 3.05) is 27.4 Å². The van der Waals surface area contributed by atoms with E-state index in [0.29, 0.717) is 19.0 Å². The maximum atomic E-state index is 10.9. The van der Waals surface area contributed by atoms with E-state index in [2.05, 4.69) is 17.9 Å². The van der Waals surface area contributed by atoms with E-state index in [-0.39, 0.29) is 5.57 Å². The summed E-state index contributed by atoms with van der Waals surface area (Å²) < 4.78 is 14.4. The molecule has 0 spiro atoms. The molecule has 0 saturated carbocycles. The van der Waals surface area contributed by atoms with Crippen molar-refractivity contribution in [1.82, 2.24) is 0 Å². The van der Waals surface area contributed by atoms with Crippen molar-refractivity contribution >= 4 is 5.97 Å². The van der Waals surface area contributed by atoms with Crippen LogP contribution in [0.2, 0.25) is 0 Å². The second-order valence-corrected chi connectivity index (χ2v) is 2.66. The predicted molar refractivity (Wildman–Crippen MR) is 57.3 cm³/mol. The molecule has 0 aromatic rings. The number of carbonyl (C=O) groups is 1. The molecule has 15 heavy (non-hydrogen) atoms. The standard InChI is InChI=1S/C11H16O4/c1-9(11(12)14-4)5-6-10(2)15-8-7-13-3/h5-6H,1-2,7-8H2,3-4H3/b6-5-. The van der Waals surface area contributed by atoms with Gasteiger partial charge in [-0.05, 0) is 12.2 Å². The summed E-state index contributed by atoms with van der Waals surface area (Å²) >= 11 is 0. The van der Waals surface area contributed by atoms with Crippen LogP contribution >= 0.6 is 0 Å². The van der Waals surface area contributed by atoms with Gasteiger partial charge < -0.3 is 14.2 Å². The van der Waals surface area contributed by atoms with Crippen molar-refractivity contribution in [2.24, 2.45) is 0 Å². The van der Waals surface area contributed by atoms with Gasteiger partial charge in [0.15, 0.2) is 0 Å². The topological polar surface area (TPSA) is 44.8 Å². The number of hydrogen-bond donors (Lipinski definition) is 0. The van der Waals surface area contributed by atoms with Crippen LogP contribution in [0.25, 0.3) is 0 Å². The molecule has 0 heterocycles. The minimum atomic E-state index is -0.476. The third-order valence-corrected chi connectivity index (χ3v) is 1.49. The molecule has 84 valence electrons. The first-order valence-corrected chi connectivity index (χ1v) is 4.37. The number of hydrogen-bond acceptors (Lipinski definition) is 4. The fourth-order valence-electron chi connectivity index (χ4n) is 0.697. The first-order chi connectivity index (χ1) is 7.11. The van der Waals surface area contributed by atoms with E-state index in [1.54, 1.807) is 13.2 Å². The van der Waals surface area contributed by atoms with Gasteiger partial charge in [0.05, 0.1) is 19.3 Å². The van der Waals surface area contributed by atoms with Gasteiger partial charge in [-0.1, -0.05) is 13.2 Å². The van der Waals surface area contributed by atoms with Crippen LogP contribution in [0.15, 0.2) is 36.6 Å². The van der Waals surface area contributed by atoms with Crippen molar-refractivity contribution in [1.29, 1.82) is 0 Å². The first-order valence-electron chi connectivity index (χ1n) is 4.37. The SMILES string of the molecule is C=C(/C=C\C(=C)C(=O)OC)OCCOC. The Labute approximate surface area is 89.8 Å². The normalized spacial score (nSPS) is 10.0. The molecule has 0 amide bonds. The Hall–Kier alpha value is -1.55. The number of methoxy groups -OCH3 is 2. The second kappa shape index (κ2) is 7.82. The van der Waals surface area contributed by atoms with E-state index in [9.17, 15) is 4.79 Å². The van der Waals surface area contributed by atoms with Crippen LogP contribution in [0.3, 0.4) is 0 Å². The first kappa shape index (κ1) is 13.4. The van der Waals surface area contributed by atoms with Crippen LogP contribution < -0.4 is 0 Å². The molecule has 4 heteroatoms. The Kier molecular flexibility index (Phi) is 7.01. The fourth-order valence-corrected chi connectivity index (χ4v) is 0.697. The number of esters is 1. The molecule has 0 aromatic carbocycles. The van der Waals surface area contributed by atoms with Gasteiger partial charge in [-0.25, -0.2) is 4.79 Å². The van der Waals surface area contributed by atoms with Crippen LogP contribution in [0.4, 0.5) is 0 Å². The van der Waals surface area contributed by atoms with E-state index in [0.717, 1.165) is 0 Å². The Morgan fingerprint density at radius 2 is 1.87 bits per heavy atom.